The summed E-state index contributed by atoms with van der Waals surface area (Å²) in [6.07, 6.45) is 4.18. The van der Waals surface area contributed by atoms with Gasteiger partial charge in [-0.1, -0.05) is 0 Å². The van der Waals surface area contributed by atoms with E-state index in [1.54, 1.807) is 6.20 Å². The molecule has 4 nitrogen and oxygen atoms in total. The molecule has 1 aromatic heterocycles. The summed E-state index contributed by atoms with van der Waals surface area (Å²) in [5.41, 5.74) is 7.68. The van der Waals surface area contributed by atoms with E-state index in [-0.39, 0.29) is 0 Å². The van der Waals surface area contributed by atoms with E-state index >= 15 is 0 Å². The van der Waals surface area contributed by atoms with Crippen molar-refractivity contribution in [2.75, 3.05) is 37.8 Å². The maximum atomic E-state index is 5.79. The number of aromatic nitrogens is 1. The average Bonchev–Trinajstić information content (AvgIpc) is 2.33. The fraction of sp³-hybridized carbons (Fsp3) is 0.615. The Morgan fingerprint density at radius 3 is 2.53 bits per heavy atom. The van der Waals surface area contributed by atoms with Crippen LogP contribution in [0.25, 0.3) is 0 Å². The molecule has 1 aliphatic heterocycles. The van der Waals surface area contributed by atoms with Crippen molar-refractivity contribution in [1.82, 2.24) is 9.88 Å². The predicted molar refractivity (Wildman–Crippen MR) is 72.3 cm³/mol. The monoisotopic (exact) mass is 234 g/mol. The van der Waals surface area contributed by atoms with Crippen molar-refractivity contribution in [1.29, 1.82) is 0 Å². The summed E-state index contributed by atoms with van der Waals surface area (Å²) in [6.45, 7) is 4.20. The first-order chi connectivity index (χ1) is 8.08. The normalized spacial score (nSPS) is 17.8. The van der Waals surface area contributed by atoms with Gasteiger partial charge in [-0.3, -0.25) is 0 Å². The van der Waals surface area contributed by atoms with Crippen LogP contribution < -0.4 is 10.6 Å². The number of nitrogens with two attached hydrogens (primary N) is 1. The molecule has 1 saturated heterocycles. The Kier molecular flexibility index (Phi) is 3.52. The molecule has 2 heterocycles. The molecule has 0 aliphatic carbocycles. The van der Waals surface area contributed by atoms with Gasteiger partial charge < -0.3 is 15.5 Å². The summed E-state index contributed by atoms with van der Waals surface area (Å²) < 4.78 is 0. The first-order valence-electron chi connectivity index (χ1n) is 6.21. The van der Waals surface area contributed by atoms with Gasteiger partial charge in [-0.25, -0.2) is 4.98 Å². The zero-order valence-corrected chi connectivity index (χ0v) is 11.0. The largest absolute Gasteiger partial charge is 0.397 e. The van der Waals surface area contributed by atoms with Crippen LogP contribution in [0.2, 0.25) is 0 Å². The number of pyridine rings is 1. The molecule has 0 unspecified atom stereocenters. The summed E-state index contributed by atoms with van der Waals surface area (Å²) in [6, 6.07) is 2.80. The molecule has 0 bridgehead atoms. The number of hydrogen-bond donors (Lipinski definition) is 1. The maximum absolute atomic E-state index is 5.79. The van der Waals surface area contributed by atoms with E-state index in [4.69, 9.17) is 5.73 Å². The number of rotatable bonds is 2. The number of aryl methyl sites for hydroxylation is 1. The molecule has 4 heteroatoms. The van der Waals surface area contributed by atoms with Crippen molar-refractivity contribution in [3.63, 3.8) is 0 Å². The second kappa shape index (κ2) is 4.92. The average molecular weight is 234 g/mol. The van der Waals surface area contributed by atoms with Gasteiger partial charge in [0.05, 0.1) is 11.9 Å². The van der Waals surface area contributed by atoms with E-state index in [1.165, 1.54) is 12.8 Å². The molecule has 0 saturated carbocycles. The minimum absolute atomic E-state index is 0.709. The van der Waals surface area contributed by atoms with Gasteiger partial charge in [0, 0.05) is 19.1 Å². The lowest BCUT2D eigenvalue weighted by Gasteiger charge is -2.35. The smallest absolute Gasteiger partial charge is 0.128 e. The highest BCUT2D eigenvalue weighted by Gasteiger charge is 2.21. The third kappa shape index (κ3) is 2.69. The van der Waals surface area contributed by atoms with Gasteiger partial charge in [0.25, 0.3) is 0 Å². The number of hydrogen-bond acceptors (Lipinski definition) is 4. The lowest BCUT2D eigenvalue weighted by molar-refractivity contribution is 0.249. The standard InChI is InChI=1S/C13H22N4/c1-10-8-13(15-9-12(10)14)17-6-4-11(5-7-17)16(2)3/h8-9,11H,4-7,14H2,1-3H3. The number of nitrogens with zero attached hydrogens (tertiary/aromatic N) is 3. The minimum atomic E-state index is 0.709. The van der Waals surface area contributed by atoms with E-state index in [9.17, 15) is 0 Å². The number of piperidine rings is 1. The van der Waals surface area contributed by atoms with Gasteiger partial charge >= 0.3 is 0 Å². The van der Waals surface area contributed by atoms with Crippen molar-refractivity contribution in [2.45, 2.75) is 25.8 Å². The molecule has 0 aromatic carbocycles. The molecule has 0 radical (unpaired) electrons. The van der Waals surface area contributed by atoms with Gasteiger partial charge in [-0.05, 0) is 45.5 Å². The molecule has 0 atom stereocenters. The Labute approximate surface area is 103 Å². The lowest BCUT2D eigenvalue weighted by Crippen LogP contribution is -2.42. The van der Waals surface area contributed by atoms with Crippen molar-refractivity contribution < 1.29 is 0 Å². The fourth-order valence-electron chi connectivity index (χ4n) is 2.34. The van der Waals surface area contributed by atoms with Crippen molar-refractivity contribution in [2.24, 2.45) is 0 Å². The van der Waals surface area contributed by atoms with Crippen LogP contribution in [0.15, 0.2) is 12.3 Å². The molecular weight excluding hydrogens is 212 g/mol. The molecule has 2 N–H and O–H groups in total. The summed E-state index contributed by atoms with van der Waals surface area (Å²) in [7, 11) is 4.32. The minimum Gasteiger partial charge on any atom is -0.397 e. The second-order valence-corrected chi connectivity index (χ2v) is 5.08. The Morgan fingerprint density at radius 2 is 2.00 bits per heavy atom. The summed E-state index contributed by atoms with van der Waals surface area (Å²) in [4.78, 5) is 9.09. The highest BCUT2D eigenvalue weighted by Crippen LogP contribution is 2.22. The molecule has 1 aromatic rings. The number of nitrogen functional groups attached to an aromatic ring is 1. The lowest BCUT2D eigenvalue weighted by atomic mass is 10.0. The van der Waals surface area contributed by atoms with Crippen LogP contribution in [0.4, 0.5) is 11.5 Å². The van der Waals surface area contributed by atoms with Crippen LogP contribution in [-0.4, -0.2) is 43.1 Å². The van der Waals surface area contributed by atoms with E-state index in [1.807, 2.05) is 6.92 Å². The van der Waals surface area contributed by atoms with E-state index in [2.05, 4.69) is 34.9 Å². The van der Waals surface area contributed by atoms with Gasteiger partial charge in [-0.15, -0.1) is 0 Å². The Balaban J connectivity index is 2.03. The molecule has 1 aliphatic rings. The van der Waals surface area contributed by atoms with Gasteiger partial charge in [-0.2, -0.15) is 0 Å². The summed E-state index contributed by atoms with van der Waals surface area (Å²) in [5, 5.41) is 0. The zero-order chi connectivity index (χ0) is 12.4. The third-order valence-corrected chi connectivity index (χ3v) is 3.66. The Bertz CT molecular complexity index is 381. The number of anilines is 2. The Hall–Kier alpha value is -1.29. The topological polar surface area (TPSA) is 45.4 Å². The fourth-order valence-corrected chi connectivity index (χ4v) is 2.34. The molecule has 0 spiro atoms. The van der Waals surface area contributed by atoms with Crippen LogP contribution in [0.3, 0.4) is 0 Å². The maximum Gasteiger partial charge on any atom is 0.128 e. The highest BCUT2D eigenvalue weighted by molar-refractivity contribution is 5.52. The van der Waals surface area contributed by atoms with E-state index in [0.717, 1.165) is 30.2 Å². The van der Waals surface area contributed by atoms with Crippen LogP contribution in [0.5, 0.6) is 0 Å². The van der Waals surface area contributed by atoms with Crippen LogP contribution in [0.1, 0.15) is 18.4 Å². The third-order valence-electron chi connectivity index (χ3n) is 3.66. The van der Waals surface area contributed by atoms with Crippen LogP contribution in [0, 0.1) is 6.92 Å². The molecule has 1 fully saturated rings. The Morgan fingerprint density at radius 1 is 1.35 bits per heavy atom. The second-order valence-electron chi connectivity index (χ2n) is 5.08. The van der Waals surface area contributed by atoms with Gasteiger partial charge in [0.15, 0.2) is 0 Å². The molecular formula is C13H22N4. The molecule has 0 amide bonds. The van der Waals surface area contributed by atoms with Crippen molar-refractivity contribution in [3.8, 4) is 0 Å². The highest BCUT2D eigenvalue weighted by atomic mass is 15.2. The molecule has 17 heavy (non-hydrogen) atoms. The van der Waals surface area contributed by atoms with Gasteiger partial charge in [0.1, 0.15) is 5.82 Å². The van der Waals surface area contributed by atoms with E-state index < -0.39 is 0 Å². The molecule has 94 valence electrons. The van der Waals surface area contributed by atoms with Gasteiger partial charge in [0.2, 0.25) is 0 Å². The van der Waals surface area contributed by atoms with Crippen molar-refractivity contribution >= 4 is 11.5 Å². The summed E-state index contributed by atoms with van der Waals surface area (Å²) >= 11 is 0. The summed E-state index contributed by atoms with van der Waals surface area (Å²) in [5.74, 6) is 1.06. The first-order valence-corrected chi connectivity index (χ1v) is 6.21. The zero-order valence-electron chi connectivity index (χ0n) is 11.0. The van der Waals surface area contributed by atoms with Crippen LogP contribution in [-0.2, 0) is 0 Å². The quantitative estimate of drug-likeness (QED) is 0.842. The predicted octanol–water partition coefficient (Wildman–Crippen LogP) is 1.50. The first kappa shape index (κ1) is 12.2. The van der Waals surface area contributed by atoms with Crippen LogP contribution >= 0.6 is 0 Å². The SMILES string of the molecule is Cc1cc(N2CCC(N(C)C)CC2)ncc1N. The van der Waals surface area contributed by atoms with Crippen molar-refractivity contribution in [3.05, 3.63) is 17.8 Å². The molecule has 2 rings (SSSR count). The van der Waals surface area contributed by atoms with E-state index in [0.29, 0.717) is 6.04 Å².